The molecule has 0 saturated heterocycles. The van der Waals surface area contributed by atoms with Crippen molar-refractivity contribution in [1.29, 1.82) is 0 Å². The van der Waals surface area contributed by atoms with Crippen molar-refractivity contribution in [2.75, 3.05) is 14.2 Å². The lowest BCUT2D eigenvalue weighted by atomic mass is 10.0. The second-order valence-electron chi connectivity index (χ2n) is 8.67. The number of sulfonamides is 1. The maximum Gasteiger partial charge on any atom is 0.252 e. The molecule has 1 unspecified atom stereocenters. The molecular formula is C30H29Cl3F2N2O7S2. The van der Waals surface area contributed by atoms with E-state index in [-0.39, 0.29) is 50.6 Å². The van der Waals surface area contributed by atoms with Gasteiger partial charge in [-0.15, -0.1) is 0 Å². The lowest BCUT2D eigenvalue weighted by Gasteiger charge is -2.07. The second-order valence-corrected chi connectivity index (χ2v) is 13.3. The van der Waals surface area contributed by atoms with E-state index in [1.807, 2.05) is 0 Å². The molecule has 1 atom stereocenters. The molecule has 0 aromatic heterocycles. The Balaban J connectivity index is 0.000000377. The highest BCUT2D eigenvalue weighted by atomic mass is 35.5. The number of ether oxygens (including phenoxy) is 2. The molecule has 0 amide bonds. The van der Waals surface area contributed by atoms with Crippen molar-refractivity contribution >= 4 is 71.4 Å². The van der Waals surface area contributed by atoms with Crippen LogP contribution in [0, 0.1) is 11.6 Å². The molecule has 0 aliphatic rings. The van der Waals surface area contributed by atoms with Crippen LogP contribution in [0.4, 0.5) is 8.78 Å². The number of carbonyl (C=O) groups is 2. The van der Waals surface area contributed by atoms with E-state index in [1.54, 1.807) is 12.1 Å². The summed E-state index contributed by atoms with van der Waals surface area (Å²) in [5, 5.41) is 9.75. The van der Waals surface area contributed by atoms with Gasteiger partial charge < -0.3 is 9.47 Å². The second kappa shape index (κ2) is 17.4. The quantitative estimate of drug-likeness (QED) is 0.125. The van der Waals surface area contributed by atoms with Crippen molar-refractivity contribution in [1.82, 2.24) is 0 Å². The summed E-state index contributed by atoms with van der Waals surface area (Å²) in [7, 11) is -4.15. The molecule has 0 spiro atoms. The molecule has 0 aliphatic carbocycles. The first-order chi connectivity index (χ1) is 20.9. The van der Waals surface area contributed by atoms with E-state index in [1.165, 1.54) is 68.8 Å². The van der Waals surface area contributed by atoms with Crippen LogP contribution in [-0.2, 0) is 19.7 Å². The average molecular weight is 738 g/mol. The van der Waals surface area contributed by atoms with Gasteiger partial charge in [-0.2, -0.15) is 0 Å². The van der Waals surface area contributed by atoms with Crippen LogP contribution >= 0.6 is 34.8 Å². The van der Waals surface area contributed by atoms with Gasteiger partial charge in [0.05, 0.1) is 44.4 Å². The van der Waals surface area contributed by atoms with E-state index in [0.29, 0.717) is 5.75 Å². The van der Waals surface area contributed by atoms with Gasteiger partial charge in [-0.05, 0) is 78.1 Å². The Kier molecular flexibility index (Phi) is 15.3. The van der Waals surface area contributed by atoms with Crippen molar-refractivity contribution in [3.05, 3.63) is 117 Å². The van der Waals surface area contributed by atoms with Crippen molar-refractivity contribution in [3.8, 4) is 11.5 Å². The predicted molar refractivity (Wildman–Crippen MR) is 178 cm³/mol. The Morgan fingerprint density at radius 2 is 1.28 bits per heavy atom. The average Bonchev–Trinajstić information content (AvgIpc) is 2.96. The van der Waals surface area contributed by atoms with E-state index in [2.05, 4.69) is 5.87 Å². The molecule has 4 rings (SSSR count). The third-order valence-electron chi connectivity index (χ3n) is 5.48. The third kappa shape index (κ3) is 11.7. The fourth-order valence-electron chi connectivity index (χ4n) is 3.31. The van der Waals surface area contributed by atoms with E-state index < -0.39 is 41.5 Å². The van der Waals surface area contributed by atoms with Gasteiger partial charge >= 0.3 is 0 Å². The predicted octanol–water partition coefficient (Wildman–Crippen LogP) is 6.50. The Morgan fingerprint density at radius 3 is 1.74 bits per heavy atom. The van der Waals surface area contributed by atoms with Gasteiger partial charge in [0.25, 0.3) is 5.24 Å². The molecule has 0 aliphatic heterocycles. The number of nitrogens with two attached hydrogens (primary N) is 2. The molecule has 4 aromatic rings. The van der Waals surface area contributed by atoms with Crippen molar-refractivity contribution in [3.63, 3.8) is 0 Å². The Labute approximate surface area is 281 Å². The minimum Gasteiger partial charge on any atom is -0.497 e. The number of hydrogen-bond acceptors (Lipinski definition) is 7. The normalized spacial score (nSPS) is 11.7. The summed E-state index contributed by atoms with van der Waals surface area (Å²) in [5.41, 5.74) is -0.0751. The van der Waals surface area contributed by atoms with Gasteiger partial charge in [-0.3, -0.25) is 14.7 Å². The third-order valence-corrected chi connectivity index (χ3v) is 8.62. The Bertz CT molecular complexity index is 1940. The zero-order chi connectivity index (χ0) is 34.1. The van der Waals surface area contributed by atoms with Gasteiger partial charge in [0, 0.05) is 23.3 Å². The number of methoxy groups -OCH3 is 2. The van der Waals surface area contributed by atoms with Crippen molar-refractivity contribution in [2.24, 2.45) is 10.3 Å². The lowest BCUT2D eigenvalue weighted by Crippen LogP contribution is -2.14. The summed E-state index contributed by atoms with van der Waals surface area (Å²) in [4.78, 5) is 22.8. The topological polar surface area (TPSA) is 156 Å². The minimum absolute atomic E-state index is 0. The Hall–Kier alpha value is -3.56. The lowest BCUT2D eigenvalue weighted by molar-refractivity contribution is 0.103. The first-order valence-electron chi connectivity index (χ1n) is 12.0. The standard InChI is InChI=1S/C14H11ClFNO4S.C8H7Cl2NO2S.C7H7FO.CH4/c1-21-9-3-4-10(12(16)7-9)14(18)8-2-5-11(15)13(6-8)22(17,19)20;1-14(11,13)7-4-5(8(10)12)2-3-6(7)9;1-9-7-4-2-3-6(8)5-7;/h2-7H,1H3,(H2,17,19,20);2-4H,1H2,(H2,11,13);2-5H,1H3;1H4. The van der Waals surface area contributed by atoms with E-state index in [4.69, 9.17) is 54.6 Å². The van der Waals surface area contributed by atoms with Crippen LogP contribution < -0.4 is 19.8 Å². The summed E-state index contributed by atoms with van der Waals surface area (Å²) >= 11 is 16.7. The van der Waals surface area contributed by atoms with Gasteiger partial charge in [-0.1, -0.05) is 36.7 Å². The first-order valence-corrected chi connectivity index (χ1v) is 16.5. The smallest absolute Gasteiger partial charge is 0.252 e. The van der Waals surface area contributed by atoms with Crippen LogP contribution in [0.15, 0.2) is 88.7 Å². The molecule has 0 saturated carbocycles. The number of carbonyl (C=O) groups excluding carboxylic acids is 2. The van der Waals surface area contributed by atoms with Crippen molar-refractivity contribution in [2.45, 2.75) is 17.2 Å². The summed E-state index contributed by atoms with van der Waals surface area (Å²) in [6, 6.07) is 17.4. The molecule has 248 valence electrons. The van der Waals surface area contributed by atoms with Crippen LogP contribution in [0.25, 0.3) is 0 Å². The number of halogens is 5. The van der Waals surface area contributed by atoms with Crippen LogP contribution in [0.1, 0.15) is 33.7 Å². The maximum atomic E-state index is 13.9. The van der Waals surface area contributed by atoms with Gasteiger partial charge in [-0.25, -0.2) is 26.5 Å². The van der Waals surface area contributed by atoms with Crippen molar-refractivity contribution < 1.29 is 40.5 Å². The molecule has 0 bridgehead atoms. The summed E-state index contributed by atoms with van der Waals surface area (Å²) in [6.07, 6.45) is 0. The van der Waals surface area contributed by atoms with Gasteiger partial charge in [0.2, 0.25) is 10.0 Å². The van der Waals surface area contributed by atoms with Crippen LogP contribution in [0.3, 0.4) is 0 Å². The first kappa shape index (κ1) is 40.5. The minimum atomic E-state index is -4.09. The number of primary sulfonamides is 1. The maximum absolute atomic E-state index is 13.9. The number of ketones is 1. The highest BCUT2D eigenvalue weighted by molar-refractivity contribution is 7.98. The Morgan fingerprint density at radius 1 is 0.761 bits per heavy atom. The summed E-state index contributed by atoms with van der Waals surface area (Å²) in [6.45, 7) is 0. The number of hydrogen-bond donors (Lipinski definition) is 2. The van der Waals surface area contributed by atoms with Gasteiger partial charge in [0.1, 0.15) is 28.0 Å². The molecule has 4 N–H and O–H groups in total. The molecule has 9 nitrogen and oxygen atoms in total. The zero-order valence-electron chi connectivity index (χ0n) is 23.4. The van der Waals surface area contributed by atoms with E-state index >= 15 is 0 Å². The summed E-state index contributed by atoms with van der Waals surface area (Å²) < 4.78 is 70.0. The SMILES string of the molecule is C.C=S(N)(=O)c1cc(C(=O)Cl)ccc1Cl.COc1ccc(C(=O)c2ccc(Cl)c(S(N)(=O)=O)c2)c(F)c1.COc1cccc(F)c1. The molecule has 0 fully saturated rings. The number of benzene rings is 4. The van der Waals surface area contributed by atoms with E-state index in [9.17, 15) is 31.0 Å². The van der Waals surface area contributed by atoms with Crippen LogP contribution in [-0.4, -0.2) is 43.7 Å². The van der Waals surface area contributed by atoms with Crippen LogP contribution in [0.5, 0.6) is 11.5 Å². The molecule has 16 heteroatoms. The van der Waals surface area contributed by atoms with Gasteiger partial charge in [0.15, 0.2) is 5.78 Å². The number of rotatable bonds is 7. The van der Waals surface area contributed by atoms with E-state index in [0.717, 1.165) is 12.1 Å². The molecular weight excluding hydrogens is 709 g/mol. The largest absolute Gasteiger partial charge is 0.497 e. The molecule has 0 radical (unpaired) electrons. The zero-order valence-corrected chi connectivity index (χ0v) is 27.3. The highest BCUT2D eigenvalue weighted by Crippen LogP contribution is 2.25. The summed E-state index contributed by atoms with van der Waals surface area (Å²) in [5.74, 6) is 2.34. The molecule has 0 heterocycles. The fourth-order valence-corrected chi connectivity index (χ4v) is 5.73. The highest BCUT2D eigenvalue weighted by Gasteiger charge is 2.19. The fraction of sp³-hybridized carbons (Fsp3) is 0.100. The monoisotopic (exact) mass is 736 g/mol. The molecule has 46 heavy (non-hydrogen) atoms. The molecule has 4 aromatic carbocycles. The van der Waals surface area contributed by atoms with Crippen LogP contribution in [0.2, 0.25) is 10.0 Å².